The predicted molar refractivity (Wildman–Crippen MR) is 62.4 cm³/mol. The van der Waals surface area contributed by atoms with Gasteiger partial charge in [0.1, 0.15) is 5.75 Å². The fraction of sp³-hybridized carbons (Fsp3) is 0.273. The average molecular weight is 225 g/mol. The van der Waals surface area contributed by atoms with Crippen LogP contribution in [0.1, 0.15) is 5.56 Å². The third kappa shape index (κ3) is 1.48. The first-order valence-electron chi connectivity index (χ1n) is 4.69. The molecular weight excluding hydrogens is 212 g/mol. The summed E-state index contributed by atoms with van der Waals surface area (Å²) < 4.78 is 7.29. The van der Waals surface area contributed by atoms with Gasteiger partial charge in [-0.25, -0.2) is 0 Å². The highest BCUT2D eigenvalue weighted by Gasteiger charge is 2.13. The average Bonchev–Trinajstić information content (AvgIpc) is 2.58. The van der Waals surface area contributed by atoms with Crippen LogP contribution in [0.4, 0.5) is 0 Å². The van der Waals surface area contributed by atoms with Gasteiger partial charge in [-0.3, -0.25) is 0 Å². The maximum Gasteiger partial charge on any atom is 0.128 e. The van der Waals surface area contributed by atoms with Gasteiger partial charge in [-0.1, -0.05) is 11.6 Å². The van der Waals surface area contributed by atoms with Gasteiger partial charge in [0.15, 0.2) is 0 Å². The molecule has 2 N–H and O–H groups in total. The van der Waals surface area contributed by atoms with Crippen molar-refractivity contribution in [1.82, 2.24) is 4.57 Å². The van der Waals surface area contributed by atoms with Crippen molar-refractivity contribution in [3.63, 3.8) is 0 Å². The van der Waals surface area contributed by atoms with Crippen LogP contribution < -0.4 is 10.5 Å². The van der Waals surface area contributed by atoms with Crippen LogP contribution in [-0.4, -0.2) is 11.7 Å². The quantitative estimate of drug-likeness (QED) is 0.851. The van der Waals surface area contributed by atoms with Crippen LogP contribution in [-0.2, 0) is 13.6 Å². The summed E-state index contributed by atoms with van der Waals surface area (Å²) in [6, 6.07) is 3.70. The van der Waals surface area contributed by atoms with Crippen molar-refractivity contribution < 1.29 is 4.74 Å². The first-order chi connectivity index (χ1) is 7.19. The summed E-state index contributed by atoms with van der Waals surface area (Å²) in [6.07, 6.45) is 1.99. The van der Waals surface area contributed by atoms with Gasteiger partial charge in [0.25, 0.3) is 0 Å². The summed E-state index contributed by atoms with van der Waals surface area (Å²) >= 11 is 6.14. The van der Waals surface area contributed by atoms with Crippen molar-refractivity contribution in [2.24, 2.45) is 12.8 Å². The third-order valence-corrected chi connectivity index (χ3v) is 2.86. The molecule has 0 saturated heterocycles. The third-order valence-electron chi connectivity index (χ3n) is 2.55. The van der Waals surface area contributed by atoms with Gasteiger partial charge < -0.3 is 15.0 Å². The van der Waals surface area contributed by atoms with E-state index in [2.05, 4.69) is 0 Å². The lowest BCUT2D eigenvalue weighted by Gasteiger charge is -2.05. The fourth-order valence-electron chi connectivity index (χ4n) is 1.89. The Morgan fingerprint density at radius 2 is 2.20 bits per heavy atom. The van der Waals surface area contributed by atoms with Gasteiger partial charge >= 0.3 is 0 Å². The molecule has 0 aliphatic carbocycles. The van der Waals surface area contributed by atoms with Crippen molar-refractivity contribution in [2.45, 2.75) is 6.54 Å². The molecule has 0 saturated carbocycles. The number of aromatic nitrogens is 1. The molecule has 0 aliphatic rings. The maximum absolute atomic E-state index is 6.14. The molecule has 0 radical (unpaired) electrons. The number of halogens is 1. The highest BCUT2D eigenvalue weighted by molar-refractivity contribution is 6.35. The molecule has 0 spiro atoms. The van der Waals surface area contributed by atoms with Crippen molar-refractivity contribution >= 4 is 22.5 Å². The van der Waals surface area contributed by atoms with E-state index in [0.717, 1.165) is 22.2 Å². The number of ether oxygens (including phenoxy) is 1. The van der Waals surface area contributed by atoms with Crippen LogP contribution >= 0.6 is 11.6 Å². The standard InChI is InChI=1S/C11H13ClN2O/c1-14-6-7(5-13)10-9(15-2)4-3-8(12)11(10)14/h3-4,6H,5,13H2,1-2H3. The van der Waals surface area contributed by atoms with Gasteiger partial charge in [-0.05, 0) is 17.7 Å². The highest BCUT2D eigenvalue weighted by Crippen LogP contribution is 2.34. The van der Waals surface area contributed by atoms with Crippen LogP contribution in [0.3, 0.4) is 0 Å². The molecule has 2 rings (SSSR count). The Morgan fingerprint density at radius 3 is 2.80 bits per heavy atom. The monoisotopic (exact) mass is 224 g/mol. The Labute approximate surface area is 93.4 Å². The van der Waals surface area contributed by atoms with Crippen LogP contribution in [0.15, 0.2) is 18.3 Å². The number of aryl methyl sites for hydroxylation is 1. The first-order valence-corrected chi connectivity index (χ1v) is 5.07. The molecule has 1 aromatic heterocycles. The van der Waals surface area contributed by atoms with Gasteiger partial charge in [0, 0.05) is 25.2 Å². The van der Waals surface area contributed by atoms with E-state index in [1.807, 2.05) is 29.9 Å². The van der Waals surface area contributed by atoms with Gasteiger partial charge in [0.05, 0.1) is 17.6 Å². The highest BCUT2D eigenvalue weighted by atomic mass is 35.5. The van der Waals surface area contributed by atoms with E-state index in [-0.39, 0.29) is 0 Å². The Kier molecular flexibility index (Phi) is 2.59. The van der Waals surface area contributed by atoms with Crippen molar-refractivity contribution in [3.8, 4) is 5.75 Å². The molecule has 0 aliphatic heterocycles. The number of benzene rings is 1. The summed E-state index contributed by atoms with van der Waals surface area (Å²) in [4.78, 5) is 0. The molecular formula is C11H13ClN2O. The van der Waals surface area contributed by atoms with Crippen molar-refractivity contribution in [2.75, 3.05) is 7.11 Å². The topological polar surface area (TPSA) is 40.2 Å². The molecule has 0 bridgehead atoms. The SMILES string of the molecule is COc1ccc(Cl)c2c1c(CN)cn2C. The number of nitrogens with zero attached hydrogens (tertiary/aromatic N) is 1. The van der Waals surface area contributed by atoms with E-state index >= 15 is 0 Å². The number of fused-ring (bicyclic) bond motifs is 1. The first kappa shape index (κ1) is 10.3. The minimum Gasteiger partial charge on any atom is -0.496 e. The molecule has 0 unspecified atom stereocenters. The molecule has 3 nitrogen and oxygen atoms in total. The van der Waals surface area contributed by atoms with E-state index in [0.29, 0.717) is 11.6 Å². The lowest BCUT2D eigenvalue weighted by atomic mass is 10.1. The number of rotatable bonds is 2. The van der Waals surface area contributed by atoms with E-state index in [9.17, 15) is 0 Å². The van der Waals surface area contributed by atoms with Crippen LogP contribution in [0.5, 0.6) is 5.75 Å². The molecule has 0 amide bonds. The normalized spacial score (nSPS) is 10.9. The lowest BCUT2D eigenvalue weighted by molar-refractivity contribution is 0.419. The fourth-order valence-corrected chi connectivity index (χ4v) is 2.18. The molecule has 2 aromatic rings. The minimum absolute atomic E-state index is 0.480. The number of methoxy groups -OCH3 is 1. The van der Waals surface area contributed by atoms with E-state index in [4.69, 9.17) is 22.1 Å². The Balaban J connectivity index is 2.90. The van der Waals surface area contributed by atoms with E-state index < -0.39 is 0 Å². The number of nitrogens with two attached hydrogens (primary N) is 1. The Morgan fingerprint density at radius 1 is 1.47 bits per heavy atom. The second kappa shape index (κ2) is 3.76. The van der Waals surface area contributed by atoms with Gasteiger partial charge in [-0.2, -0.15) is 0 Å². The molecule has 80 valence electrons. The van der Waals surface area contributed by atoms with E-state index in [1.54, 1.807) is 7.11 Å². The van der Waals surface area contributed by atoms with Gasteiger partial charge in [0.2, 0.25) is 0 Å². The summed E-state index contributed by atoms with van der Waals surface area (Å²) in [7, 11) is 3.60. The minimum atomic E-state index is 0.480. The summed E-state index contributed by atoms with van der Waals surface area (Å²) in [6.45, 7) is 0.480. The zero-order valence-corrected chi connectivity index (χ0v) is 9.51. The zero-order valence-electron chi connectivity index (χ0n) is 8.75. The summed E-state index contributed by atoms with van der Waals surface area (Å²) in [5, 5.41) is 1.73. The smallest absolute Gasteiger partial charge is 0.128 e. The van der Waals surface area contributed by atoms with Gasteiger partial charge in [-0.15, -0.1) is 0 Å². The largest absolute Gasteiger partial charge is 0.496 e. The molecule has 0 fully saturated rings. The van der Waals surface area contributed by atoms with E-state index in [1.165, 1.54) is 0 Å². The lowest BCUT2D eigenvalue weighted by Crippen LogP contribution is -1.95. The van der Waals surface area contributed by atoms with Crippen LogP contribution in [0, 0.1) is 0 Å². The number of hydrogen-bond acceptors (Lipinski definition) is 2. The zero-order chi connectivity index (χ0) is 11.0. The molecule has 0 atom stereocenters. The van der Waals surface area contributed by atoms with Crippen LogP contribution in [0.2, 0.25) is 5.02 Å². The molecule has 4 heteroatoms. The molecule has 15 heavy (non-hydrogen) atoms. The van der Waals surface area contributed by atoms with Crippen molar-refractivity contribution in [3.05, 3.63) is 28.9 Å². The van der Waals surface area contributed by atoms with Crippen molar-refractivity contribution in [1.29, 1.82) is 0 Å². The second-order valence-electron chi connectivity index (χ2n) is 3.44. The molecule has 1 aromatic carbocycles. The number of hydrogen-bond donors (Lipinski definition) is 1. The second-order valence-corrected chi connectivity index (χ2v) is 3.85. The maximum atomic E-state index is 6.14. The predicted octanol–water partition coefficient (Wildman–Crippen LogP) is 2.30. The molecule has 1 heterocycles. The Hall–Kier alpha value is -1.19. The van der Waals surface area contributed by atoms with Crippen LogP contribution in [0.25, 0.3) is 10.9 Å². The Bertz CT molecular complexity index is 505. The summed E-state index contributed by atoms with van der Waals surface area (Å²) in [5.41, 5.74) is 7.71. The summed E-state index contributed by atoms with van der Waals surface area (Å²) in [5.74, 6) is 0.815.